The number of hydrogen-bond acceptors (Lipinski definition) is 8. The van der Waals surface area contributed by atoms with Gasteiger partial charge in [0.25, 0.3) is 0 Å². The predicted molar refractivity (Wildman–Crippen MR) is 163 cm³/mol. The normalized spacial score (nSPS) is 17.7. The Hall–Kier alpha value is -5.50. The van der Waals surface area contributed by atoms with Crippen LogP contribution >= 0.6 is 0 Å². The molecule has 0 amide bonds. The van der Waals surface area contributed by atoms with Gasteiger partial charge in [0.2, 0.25) is 0 Å². The van der Waals surface area contributed by atoms with Gasteiger partial charge in [-0.05, 0) is 91.9 Å². The molecule has 2 aliphatic rings. The average Bonchev–Trinajstić information content (AvgIpc) is 2.94. The van der Waals surface area contributed by atoms with Crippen molar-refractivity contribution in [3.63, 3.8) is 0 Å². The van der Waals surface area contributed by atoms with E-state index in [4.69, 9.17) is 9.47 Å². The summed E-state index contributed by atoms with van der Waals surface area (Å²) < 4.78 is 12.8. The van der Waals surface area contributed by atoms with E-state index in [0.717, 1.165) is 11.1 Å². The molecule has 0 radical (unpaired) electrons. The second-order valence-corrected chi connectivity index (χ2v) is 11.0. The SMILES string of the molecule is Cc1ccc(O)cc1OC1(C)C=C2C(=C(c3ccc(O)cc3O)Oc3cc(/C=C\c4ccc(O)cc4O)cc(O)c32)CC1. The summed E-state index contributed by atoms with van der Waals surface area (Å²) in [6.45, 7) is 3.83. The van der Waals surface area contributed by atoms with Crippen LogP contribution < -0.4 is 9.47 Å². The minimum absolute atomic E-state index is 0.0393. The summed E-state index contributed by atoms with van der Waals surface area (Å²) in [5, 5.41) is 61.8. The molecule has 0 spiro atoms. The molecule has 1 aliphatic carbocycles. The third-order valence-corrected chi connectivity index (χ3v) is 7.72. The second-order valence-electron chi connectivity index (χ2n) is 11.0. The van der Waals surface area contributed by atoms with Gasteiger partial charge in [-0.3, -0.25) is 0 Å². The zero-order valence-corrected chi connectivity index (χ0v) is 23.5. The zero-order chi connectivity index (χ0) is 30.5. The summed E-state index contributed by atoms with van der Waals surface area (Å²) in [5.41, 5.74) is 3.38. The van der Waals surface area contributed by atoms with Gasteiger partial charge in [-0.2, -0.15) is 0 Å². The zero-order valence-electron chi connectivity index (χ0n) is 23.5. The monoisotopic (exact) mass is 578 g/mol. The standard InChI is InChI=1S/C35H30O8/c1-19-3-7-24(38)17-31(19)43-35(2)12-11-25-27(18-35)33-30(41)13-20(4-5-21-6-8-22(36)15-28(21)39)14-32(33)42-34(25)26-10-9-23(37)16-29(26)40/h3-10,13-18,36-41H,11-12H2,1-2H3/b5-4-. The molecule has 8 nitrogen and oxygen atoms in total. The highest BCUT2D eigenvalue weighted by Crippen LogP contribution is 2.52. The lowest BCUT2D eigenvalue weighted by molar-refractivity contribution is 0.127. The van der Waals surface area contributed by atoms with Crippen LogP contribution in [0.4, 0.5) is 0 Å². The number of allylic oxidation sites excluding steroid dienone is 2. The maximum Gasteiger partial charge on any atom is 0.142 e. The van der Waals surface area contributed by atoms with Gasteiger partial charge >= 0.3 is 0 Å². The molecule has 0 saturated heterocycles. The molecule has 8 heteroatoms. The Morgan fingerprint density at radius 3 is 2.21 bits per heavy atom. The summed E-state index contributed by atoms with van der Waals surface area (Å²) in [7, 11) is 0. The third kappa shape index (κ3) is 5.30. The Bertz CT molecular complexity index is 1870. The van der Waals surface area contributed by atoms with Gasteiger partial charge in [-0.15, -0.1) is 0 Å². The highest BCUT2D eigenvalue weighted by Gasteiger charge is 2.38. The Morgan fingerprint density at radius 2 is 1.47 bits per heavy atom. The average molecular weight is 579 g/mol. The van der Waals surface area contributed by atoms with Gasteiger partial charge in [0.05, 0.1) is 11.1 Å². The highest BCUT2D eigenvalue weighted by atomic mass is 16.5. The van der Waals surface area contributed by atoms with E-state index in [1.54, 1.807) is 54.6 Å². The van der Waals surface area contributed by atoms with Crippen LogP contribution in [0.5, 0.6) is 46.0 Å². The molecule has 4 aromatic rings. The van der Waals surface area contributed by atoms with E-state index in [1.807, 2.05) is 19.9 Å². The highest BCUT2D eigenvalue weighted by molar-refractivity contribution is 5.97. The van der Waals surface area contributed by atoms with Crippen LogP contribution in [-0.2, 0) is 0 Å². The van der Waals surface area contributed by atoms with Crippen molar-refractivity contribution in [1.29, 1.82) is 0 Å². The first kappa shape index (κ1) is 27.7. The van der Waals surface area contributed by atoms with Crippen molar-refractivity contribution < 1.29 is 40.1 Å². The molecule has 0 saturated carbocycles. The van der Waals surface area contributed by atoms with Crippen LogP contribution in [-0.4, -0.2) is 36.2 Å². The maximum absolute atomic E-state index is 11.3. The summed E-state index contributed by atoms with van der Waals surface area (Å²) >= 11 is 0. The molecule has 6 rings (SSSR count). The summed E-state index contributed by atoms with van der Waals surface area (Å²) in [5.74, 6) is 0.919. The Morgan fingerprint density at radius 1 is 0.767 bits per heavy atom. The molecule has 0 bridgehead atoms. The third-order valence-electron chi connectivity index (χ3n) is 7.72. The largest absolute Gasteiger partial charge is 0.508 e. The van der Waals surface area contributed by atoms with Crippen LogP contribution in [0, 0.1) is 6.92 Å². The van der Waals surface area contributed by atoms with Crippen molar-refractivity contribution in [1.82, 2.24) is 0 Å². The Labute approximate surface area is 248 Å². The molecular weight excluding hydrogens is 548 g/mol. The van der Waals surface area contributed by atoms with Gasteiger partial charge in [0, 0.05) is 29.3 Å². The minimum Gasteiger partial charge on any atom is -0.508 e. The molecule has 0 fully saturated rings. The van der Waals surface area contributed by atoms with E-state index < -0.39 is 5.60 Å². The number of ether oxygens (including phenoxy) is 2. The van der Waals surface area contributed by atoms with Crippen LogP contribution in [0.1, 0.15) is 47.6 Å². The molecule has 218 valence electrons. The van der Waals surface area contributed by atoms with Crippen LogP contribution in [0.25, 0.3) is 23.5 Å². The smallest absolute Gasteiger partial charge is 0.142 e. The second kappa shape index (κ2) is 10.4. The number of benzene rings is 4. The molecule has 1 unspecified atom stereocenters. The van der Waals surface area contributed by atoms with Gasteiger partial charge in [0.15, 0.2) is 0 Å². The summed E-state index contributed by atoms with van der Waals surface area (Å²) in [4.78, 5) is 0. The maximum atomic E-state index is 11.3. The first-order valence-corrected chi connectivity index (χ1v) is 13.7. The van der Waals surface area contributed by atoms with Crippen LogP contribution in [0.2, 0.25) is 0 Å². The molecule has 43 heavy (non-hydrogen) atoms. The molecule has 1 aliphatic heterocycles. The number of hydrogen-bond donors (Lipinski definition) is 6. The van der Waals surface area contributed by atoms with Gasteiger partial charge in [-0.25, -0.2) is 0 Å². The van der Waals surface area contributed by atoms with Crippen molar-refractivity contribution in [2.24, 2.45) is 0 Å². The lowest BCUT2D eigenvalue weighted by Gasteiger charge is -2.37. The molecule has 0 aromatic heterocycles. The van der Waals surface area contributed by atoms with Crippen molar-refractivity contribution in [2.45, 2.75) is 32.3 Å². The van der Waals surface area contributed by atoms with E-state index in [1.165, 1.54) is 24.3 Å². The van der Waals surface area contributed by atoms with Gasteiger partial charge in [0.1, 0.15) is 57.4 Å². The predicted octanol–water partition coefficient (Wildman–Crippen LogP) is 7.22. The molecule has 1 atom stereocenters. The van der Waals surface area contributed by atoms with Gasteiger partial charge < -0.3 is 40.1 Å². The van der Waals surface area contributed by atoms with Crippen molar-refractivity contribution in [3.05, 3.63) is 106 Å². The Balaban J connectivity index is 1.48. The quantitative estimate of drug-likeness (QED) is 0.136. The summed E-state index contributed by atoms with van der Waals surface area (Å²) in [6, 6.07) is 16.8. The first-order chi connectivity index (χ1) is 20.5. The number of fused-ring (bicyclic) bond motifs is 3. The lowest BCUT2D eigenvalue weighted by Crippen LogP contribution is -2.34. The fourth-order valence-corrected chi connectivity index (χ4v) is 5.49. The number of phenolic OH excluding ortho intramolecular Hbond substituents is 6. The fraction of sp³-hybridized carbons (Fsp3) is 0.143. The Kier molecular flexibility index (Phi) is 6.69. The van der Waals surface area contributed by atoms with E-state index in [9.17, 15) is 30.6 Å². The number of phenols is 6. The fourth-order valence-electron chi connectivity index (χ4n) is 5.49. The lowest BCUT2D eigenvalue weighted by atomic mass is 9.78. The number of aryl methyl sites for hydroxylation is 1. The molecule has 6 N–H and O–H groups in total. The molecular formula is C35H30O8. The molecule has 4 aromatic carbocycles. The topological polar surface area (TPSA) is 140 Å². The van der Waals surface area contributed by atoms with Crippen LogP contribution in [0.3, 0.4) is 0 Å². The van der Waals surface area contributed by atoms with Crippen molar-refractivity contribution in [2.75, 3.05) is 0 Å². The van der Waals surface area contributed by atoms with Crippen molar-refractivity contribution >= 4 is 23.5 Å². The van der Waals surface area contributed by atoms with E-state index in [2.05, 4.69) is 0 Å². The van der Waals surface area contributed by atoms with E-state index in [0.29, 0.717) is 57.9 Å². The number of aromatic hydroxyl groups is 6. The molecule has 1 heterocycles. The van der Waals surface area contributed by atoms with E-state index in [-0.39, 0.29) is 34.5 Å². The first-order valence-electron chi connectivity index (χ1n) is 13.7. The summed E-state index contributed by atoms with van der Waals surface area (Å²) in [6.07, 6.45) is 6.29. The minimum atomic E-state index is -0.810. The van der Waals surface area contributed by atoms with Crippen molar-refractivity contribution in [3.8, 4) is 46.0 Å². The number of rotatable bonds is 5. The van der Waals surface area contributed by atoms with E-state index >= 15 is 0 Å². The van der Waals surface area contributed by atoms with Crippen LogP contribution in [0.15, 0.2) is 78.4 Å². The van der Waals surface area contributed by atoms with Gasteiger partial charge in [-0.1, -0.05) is 18.2 Å².